The molecule has 0 bridgehead atoms. The van der Waals surface area contributed by atoms with E-state index in [1.807, 2.05) is 7.11 Å². The van der Waals surface area contributed by atoms with Gasteiger partial charge in [-0.15, -0.1) is 0 Å². The molecule has 0 spiro atoms. The Morgan fingerprint density at radius 2 is 1.78 bits per heavy atom. The van der Waals surface area contributed by atoms with Crippen molar-refractivity contribution >= 4 is 0 Å². The van der Waals surface area contributed by atoms with Gasteiger partial charge >= 0.3 is 0 Å². The highest BCUT2D eigenvalue weighted by Gasteiger charge is 2.15. The third-order valence-electron chi connectivity index (χ3n) is 4.48. The molecule has 1 aliphatic rings. The smallest absolute Gasteiger partial charge is 0.0568 e. The molecule has 1 rings (SSSR count). The lowest BCUT2D eigenvalue weighted by Gasteiger charge is -2.22. The van der Waals surface area contributed by atoms with Gasteiger partial charge in [0, 0.05) is 7.11 Å². The van der Waals surface area contributed by atoms with Gasteiger partial charge in [-0.3, -0.25) is 0 Å². The van der Waals surface area contributed by atoms with Crippen LogP contribution in [0.2, 0.25) is 0 Å². The van der Waals surface area contributed by atoms with Crippen LogP contribution in [0.15, 0.2) is 0 Å². The van der Waals surface area contributed by atoms with Gasteiger partial charge < -0.3 is 9.84 Å². The highest BCUT2D eigenvalue weighted by molar-refractivity contribution is 4.68. The molecule has 0 radical (unpaired) electrons. The molecule has 1 atom stereocenters. The van der Waals surface area contributed by atoms with Crippen molar-refractivity contribution in [1.82, 2.24) is 0 Å². The van der Waals surface area contributed by atoms with Gasteiger partial charge in [-0.05, 0) is 31.6 Å². The standard InChI is InChI=1S/C16H32O2/c1-3-16(18-2)13-5-4-8-14-9-6-11-15(17)12-7-10-14/h14-17H,3-13H2,1-2H3. The topological polar surface area (TPSA) is 29.5 Å². The molecule has 0 heterocycles. The maximum atomic E-state index is 9.62. The van der Waals surface area contributed by atoms with Crippen molar-refractivity contribution in [2.75, 3.05) is 7.11 Å². The first-order valence-electron chi connectivity index (χ1n) is 7.97. The SMILES string of the molecule is CCC(CCCCC1CCCC(O)CCC1)OC. The summed E-state index contributed by atoms with van der Waals surface area (Å²) < 4.78 is 5.41. The summed E-state index contributed by atoms with van der Waals surface area (Å²) in [5, 5.41) is 9.62. The van der Waals surface area contributed by atoms with Gasteiger partial charge in [-0.2, -0.15) is 0 Å². The first-order chi connectivity index (χ1) is 8.76. The van der Waals surface area contributed by atoms with Crippen molar-refractivity contribution in [1.29, 1.82) is 0 Å². The summed E-state index contributed by atoms with van der Waals surface area (Å²) >= 11 is 0. The molecule has 1 saturated carbocycles. The van der Waals surface area contributed by atoms with E-state index in [0.29, 0.717) is 6.10 Å². The summed E-state index contributed by atoms with van der Waals surface area (Å²) in [6.07, 6.45) is 14.0. The van der Waals surface area contributed by atoms with E-state index in [4.69, 9.17) is 4.74 Å². The van der Waals surface area contributed by atoms with E-state index in [1.165, 1.54) is 51.4 Å². The van der Waals surface area contributed by atoms with Crippen LogP contribution in [0, 0.1) is 5.92 Å². The molecular formula is C16H32O2. The zero-order valence-electron chi connectivity index (χ0n) is 12.4. The molecule has 2 heteroatoms. The number of aliphatic hydroxyl groups excluding tert-OH is 1. The maximum Gasteiger partial charge on any atom is 0.0568 e. The minimum Gasteiger partial charge on any atom is -0.393 e. The zero-order chi connectivity index (χ0) is 13.2. The van der Waals surface area contributed by atoms with Gasteiger partial charge in [0.05, 0.1) is 12.2 Å². The van der Waals surface area contributed by atoms with Crippen LogP contribution >= 0.6 is 0 Å². The summed E-state index contributed by atoms with van der Waals surface area (Å²) in [7, 11) is 1.83. The number of ether oxygens (including phenoxy) is 1. The number of rotatable bonds is 7. The fourth-order valence-corrected chi connectivity index (χ4v) is 3.16. The average molecular weight is 256 g/mol. The molecule has 0 aromatic rings. The van der Waals surface area contributed by atoms with Crippen LogP contribution in [0.4, 0.5) is 0 Å². The lowest BCUT2D eigenvalue weighted by atomic mass is 9.86. The second-order valence-electron chi connectivity index (χ2n) is 5.93. The molecule has 1 unspecified atom stereocenters. The predicted molar refractivity (Wildman–Crippen MR) is 76.8 cm³/mol. The number of unbranched alkanes of at least 4 members (excludes halogenated alkanes) is 1. The minimum absolute atomic E-state index is 0.0158. The summed E-state index contributed by atoms with van der Waals surface area (Å²) in [4.78, 5) is 0. The van der Waals surface area contributed by atoms with E-state index < -0.39 is 0 Å². The van der Waals surface area contributed by atoms with Crippen molar-refractivity contribution in [2.24, 2.45) is 5.92 Å². The molecule has 1 fully saturated rings. The third kappa shape index (κ3) is 6.75. The number of hydrogen-bond acceptors (Lipinski definition) is 2. The van der Waals surface area contributed by atoms with E-state index in [0.717, 1.165) is 25.2 Å². The number of aliphatic hydroxyl groups is 1. The number of methoxy groups -OCH3 is 1. The summed E-state index contributed by atoms with van der Waals surface area (Å²) in [5.74, 6) is 0.917. The Kier molecular flexibility index (Phi) is 8.70. The van der Waals surface area contributed by atoms with Gasteiger partial charge in [0.2, 0.25) is 0 Å². The second kappa shape index (κ2) is 9.80. The average Bonchev–Trinajstić information content (AvgIpc) is 2.35. The normalized spacial score (nSPS) is 27.5. The van der Waals surface area contributed by atoms with E-state index in [9.17, 15) is 5.11 Å². The molecule has 0 aliphatic heterocycles. The molecule has 0 saturated heterocycles. The van der Waals surface area contributed by atoms with Crippen LogP contribution in [0.5, 0.6) is 0 Å². The second-order valence-corrected chi connectivity index (χ2v) is 5.93. The monoisotopic (exact) mass is 256 g/mol. The lowest BCUT2D eigenvalue weighted by molar-refractivity contribution is 0.0890. The minimum atomic E-state index is -0.0158. The van der Waals surface area contributed by atoms with E-state index >= 15 is 0 Å². The molecular weight excluding hydrogens is 224 g/mol. The fraction of sp³-hybridized carbons (Fsp3) is 1.00. The molecule has 18 heavy (non-hydrogen) atoms. The van der Waals surface area contributed by atoms with Crippen molar-refractivity contribution < 1.29 is 9.84 Å². The largest absolute Gasteiger partial charge is 0.393 e. The van der Waals surface area contributed by atoms with Gasteiger partial charge in [-0.1, -0.05) is 51.9 Å². The lowest BCUT2D eigenvalue weighted by Crippen LogP contribution is -2.13. The van der Waals surface area contributed by atoms with Crippen LogP contribution in [0.1, 0.15) is 77.6 Å². The van der Waals surface area contributed by atoms with Gasteiger partial charge in [-0.25, -0.2) is 0 Å². The Morgan fingerprint density at radius 3 is 2.33 bits per heavy atom. The van der Waals surface area contributed by atoms with Gasteiger partial charge in [0.15, 0.2) is 0 Å². The van der Waals surface area contributed by atoms with E-state index in [-0.39, 0.29) is 6.10 Å². The molecule has 108 valence electrons. The van der Waals surface area contributed by atoms with Crippen LogP contribution < -0.4 is 0 Å². The van der Waals surface area contributed by atoms with Crippen LogP contribution in [0.25, 0.3) is 0 Å². The van der Waals surface area contributed by atoms with Crippen molar-refractivity contribution in [3.8, 4) is 0 Å². The highest BCUT2D eigenvalue weighted by Crippen LogP contribution is 2.27. The Bertz CT molecular complexity index is 180. The Balaban J connectivity index is 2.07. The van der Waals surface area contributed by atoms with Crippen LogP contribution in [-0.2, 0) is 4.74 Å². The Labute approximate surface area is 113 Å². The van der Waals surface area contributed by atoms with Crippen molar-refractivity contribution in [3.63, 3.8) is 0 Å². The summed E-state index contributed by atoms with van der Waals surface area (Å²) in [6, 6.07) is 0. The predicted octanol–water partition coefficient (Wildman–Crippen LogP) is 4.30. The van der Waals surface area contributed by atoms with E-state index in [2.05, 4.69) is 6.92 Å². The third-order valence-corrected chi connectivity index (χ3v) is 4.48. The zero-order valence-corrected chi connectivity index (χ0v) is 12.4. The van der Waals surface area contributed by atoms with Gasteiger partial charge in [0.1, 0.15) is 0 Å². The first-order valence-corrected chi connectivity index (χ1v) is 7.97. The van der Waals surface area contributed by atoms with Crippen molar-refractivity contribution in [2.45, 2.75) is 89.8 Å². The molecule has 0 aromatic carbocycles. The molecule has 0 amide bonds. The van der Waals surface area contributed by atoms with E-state index in [1.54, 1.807) is 0 Å². The fourth-order valence-electron chi connectivity index (χ4n) is 3.16. The highest BCUT2D eigenvalue weighted by atomic mass is 16.5. The van der Waals surface area contributed by atoms with Crippen LogP contribution in [-0.4, -0.2) is 24.4 Å². The molecule has 0 aromatic heterocycles. The van der Waals surface area contributed by atoms with Crippen LogP contribution in [0.3, 0.4) is 0 Å². The van der Waals surface area contributed by atoms with Gasteiger partial charge in [0.25, 0.3) is 0 Å². The number of hydrogen-bond donors (Lipinski definition) is 1. The molecule has 2 nitrogen and oxygen atoms in total. The molecule has 1 aliphatic carbocycles. The molecule has 1 N–H and O–H groups in total. The Hall–Kier alpha value is -0.0800. The quantitative estimate of drug-likeness (QED) is 0.688. The Morgan fingerprint density at radius 1 is 1.11 bits per heavy atom. The van der Waals surface area contributed by atoms with Crippen molar-refractivity contribution in [3.05, 3.63) is 0 Å². The first kappa shape index (κ1) is 16.0. The maximum absolute atomic E-state index is 9.62. The summed E-state index contributed by atoms with van der Waals surface area (Å²) in [5.41, 5.74) is 0. The summed E-state index contributed by atoms with van der Waals surface area (Å²) in [6.45, 7) is 2.20.